The van der Waals surface area contributed by atoms with Crippen LogP contribution < -0.4 is 5.56 Å². The third-order valence-electron chi connectivity index (χ3n) is 3.23. The predicted molar refractivity (Wildman–Crippen MR) is 81.6 cm³/mol. The first-order chi connectivity index (χ1) is 10.3. The molecule has 0 saturated heterocycles. The molecule has 0 aliphatic rings. The van der Waals surface area contributed by atoms with Crippen LogP contribution in [0, 0.1) is 11.3 Å². The van der Waals surface area contributed by atoms with E-state index in [4.69, 9.17) is 11.6 Å². The van der Waals surface area contributed by atoms with E-state index in [-0.39, 0.29) is 11.4 Å². The maximum Gasteiger partial charge on any atom is 0.266 e. The molecule has 3 rings (SSSR count). The van der Waals surface area contributed by atoms with Crippen molar-refractivity contribution in [3.05, 3.63) is 70.3 Å². The number of halogens is 1. The monoisotopic (exact) mass is 295 g/mol. The van der Waals surface area contributed by atoms with Crippen LogP contribution in [-0.2, 0) is 5.88 Å². The van der Waals surface area contributed by atoms with Gasteiger partial charge < -0.3 is 0 Å². The lowest BCUT2D eigenvalue weighted by molar-refractivity contribution is 0.879. The number of hydrogen-bond acceptors (Lipinski definition) is 3. The van der Waals surface area contributed by atoms with Gasteiger partial charge in [-0.2, -0.15) is 5.26 Å². The number of para-hydroxylation sites is 2. The van der Waals surface area contributed by atoms with Gasteiger partial charge in [0, 0.05) is 0 Å². The molecule has 0 amide bonds. The molecule has 0 bridgehead atoms. The Kier molecular flexibility index (Phi) is 3.43. The molecule has 0 spiro atoms. The van der Waals surface area contributed by atoms with Crippen molar-refractivity contribution < 1.29 is 0 Å². The summed E-state index contributed by atoms with van der Waals surface area (Å²) in [7, 11) is 0. The van der Waals surface area contributed by atoms with E-state index in [9.17, 15) is 10.1 Å². The van der Waals surface area contributed by atoms with Crippen molar-refractivity contribution in [1.29, 1.82) is 5.26 Å². The van der Waals surface area contributed by atoms with E-state index >= 15 is 0 Å². The van der Waals surface area contributed by atoms with E-state index in [1.54, 1.807) is 42.5 Å². The molecule has 2 aromatic carbocycles. The Bertz CT molecular complexity index is 925. The predicted octanol–water partition coefficient (Wildman–Crippen LogP) is 3.00. The number of rotatable bonds is 2. The lowest BCUT2D eigenvalue weighted by atomic mass is 10.1. The van der Waals surface area contributed by atoms with Crippen LogP contribution >= 0.6 is 11.6 Å². The van der Waals surface area contributed by atoms with Gasteiger partial charge in [0.1, 0.15) is 11.9 Å². The highest BCUT2D eigenvalue weighted by atomic mass is 35.5. The van der Waals surface area contributed by atoms with Gasteiger partial charge in [0.25, 0.3) is 5.56 Å². The van der Waals surface area contributed by atoms with E-state index in [2.05, 4.69) is 11.1 Å². The number of alkyl halides is 1. The smallest absolute Gasteiger partial charge is 0.266 e. The summed E-state index contributed by atoms with van der Waals surface area (Å²) in [5.74, 6) is 0.503. The maximum absolute atomic E-state index is 12.7. The van der Waals surface area contributed by atoms with Gasteiger partial charge in [-0.05, 0) is 24.3 Å². The quantitative estimate of drug-likeness (QED) is 0.683. The van der Waals surface area contributed by atoms with Crippen molar-refractivity contribution in [2.45, 2.75) is 5.88 Å². The summed E-state index contributed by atoms with van der Waals surface area (Å²) in [6.45, 7) is 0. The normalized spacial score (nSPS) is 10.5. The molecule has 4 nitrogen and oxygen atoms in total. The van der Waals surface area contributed by atoms with Gasteiger partial charge in [-0.1, -0.05) is 24.3 Å². The van der Waals surface area contributed by atoms with Crippen molar-refractivity contribution >= 4 is 22.5 Å². The fourth-order valence-corrected chi connectivity index (χ4v) is 2.46. The van der Waals surface area contributed by atoms with Crippen LogP contribution in [0.25, 0.3) is 16.6 Å². The summed E-state index contributed by atoms with van der Waals surface area (Å²) in [6, 6.07) is 16.1. The molecule has 21 heavy (non-hydrogen) atoms. The topological polar surface area (TPSA) is 58.7 Å². The van der Waals surface area contributed by atoms with E-state index < -0.39 is 0 Å². The number of hydrogen-bond donors (Lipinski definition) is 0. The van der Waals surface area contributed by atoms with Gasteiger partial charge in [0.15, 0.2) is 0 Å². The van der Waals surface area contributed by atoms with Crippen molar-refractivity contribution in [2.24, 2.45) is 0 Å². The Morgan fingerprint density at radius 1 is 1.14 bits per heavy atom. The van der Waals surface area contributed by atoms with Gasteiger partial charge in [0.2, 0.25) is 0 Å². The molecule has 5 heteroatoms. The van der Waals surface area contributed by atoms with E-state index in [0.29, 0.717) is 28.0 Å². The van der Waals surface area contributed by atoms with Crippen molar-refractivity contribution in [1.82, 2.24) is 9.55 Å². The zero-order chi connectivity index (χ0) is 14.8. The second kappa shape index (κ2) is 5.39. The summed E-state index contributed by atoms with van der Waals surface area (Å²) in [6.07, 6.45) is 0. The van der Waals surface area contributed by atoms with Crippen LogP contribution in [0.5, 0.6) is 0 Å². The Morgan fingerprint density at radius 3 is 2.62 bits per heavy atom. The van der Waals surface area contributed by atoms with Crippen LogP contribution in [-0.4, -0.2) is 9.55 Å². The maximum atomic E-state index is 12.7. The first kappa shape index (κ1) is 13.3. The minimum absolute atomic E-state index is 0.0832. The molecular formula is C16H10ClN3O. The molecule has 0 fully saturated rings. The number of aromatic nitrogens is 2. The van der Waals surface area contributed by atoms with Crippen molar-refractivity contribution in [2.75, 3.05) is 0 Å². The Morgan fingerprint density at radius 2 is 1.86 bits per heavy atom. The van der Waals surface area contributed by atoms with Gasteiger partial charge in [-0.3, -0.25) is 9.36 Å². The first-order valence-electron chi connectivity index (χ1n) is 6.32. The van der Waals surface area contributed by atoms with E-state index in [1.807, 2.05) is 6.07 Å². The second-order valence-electron chi connectivity index (χ2n) is 4.45. The average Bonchev–Trinajstić information content (AvgIpc) is 2.54. The van der Waals surface area contributed by atoms with Gasteiger partial charge in [-0.15, -0.1) is 11.6 Å². The average molecular weight is 296 g/mol. The van der Waals surface area contributed by atoms with Crippen LogP contribution in [0.3, 0.4) is 0 Å². The standard InChI is InChI=1S/C16H10ClN3O/c17-9-15-19-13-7-3-2-6-12(13)16(21)20(15)14-8-4-1-5-11(14)10-18/h1-8H,9H2. The van der Waals surface area contributed by atoms with E-state index in [1.165, 1.54) is 4.57 Å². The summed E-state index contributed by atoms with van der Waals surface area (Å²) >= 11 is 5.94. The molecule has 0 N–H and O–H groups in total. The fourth-order valence-electron chi connectivity index (χ4n) is 2.28. The third-order valence-corrected chi connectivity index (χ3v) is 3.47. The van der Waals surface area contributed by atoms with Crippen molar-refractivity contribution in [3.63, 3.8) is 0 Å². The molecule has 0 aliphatic carbocycles. The summed E-state index contributed by atoms with van der Waals surface area (Å²) in [4.78, 5) is 17.2. The number of fused-ring (bicyclic) bond motifs is 1. The lowest BCUT2D eigenvalue weighted by Gasteiger charge is -2.12. The Balaban J connectivity index is 2.45. The molecule has 0 saturated carbocycles. The van der Waals surface area contributed by atoms with Crippen molar-refractivity contribution in [3.8, 4) is 11.8 Å². The molecule has 0 aliphatic heterocycles. The number of benzene rings is 2. The van der Waals surface area contributed by atoms with Crippen LogP contribution in [0.2, 0.25) is 0 Å². The van der Waals surface area contributed by atoms with E-state index in [0.717, 1.165) is 0 Å². The molecule has 1 aromatic heterocycles. The molecular weight excluding hydrogens is 286 g/mol. The minimum Gasteiger partial charge on any atom is -0.268 e. The van der Waals surface area contributed by atoms with Crippen LogP contribution in [0.1, 0.15) is 11.4 Å². The number of nitrogens with zero attached hydrogens (tertiary/aromatic N) is 3. The molecule has 102 valence electrons. The zero-order valence-corrected chi connectivity index (χ0v) is 11.7. The fraction of sp³-hybridized carbons (Fsp3) is 0.0625. The first-order valence-corrected chi connectivity index (χ1v) is 6.86. The molecule has 0 radical (unpaired) electrons. The third kappa shape index (κ3) is 2.18. The second-order valence-corrected chi connectivity index (χ2v) is 4.72. The number of nitriles is 1. The highest BCUT2D eigenvalue weighted by Gasteiger charge is 2.14. The highest BCUT2D eigenvalue weighted by Crippen LogP contribution is 2.17. The summed E-state index contributed by atoms with van der Waals surface area (Å²) in [5, 5.41) is 9.73. The van der Waals surface area contributed by atoms with Gasteiger partial charge >= 0.3 is 0 Å². The Labute approximate surface area is 125 Å². The lowest BCUT2D eigenvalue weighted by Crippen LogP contribution is -2.24. The molecule has 0 atom stereocenters. The molecule has 3 aromatic rings. The molecule has 0 unspecified atom stereocenters. The SMILES string of the molecule is N#Cc1ccccc1-n1c(CCl)nc2ccccc2c1=O. The van der Waals surface area contributed by atoms with Crippen LogP contribution in [0.4, 0.5) is 0 Å². The van der Waals surface area contributed by atoms with Gasteiger partial charge in [-0.25, -0.2) is 4.98 Å². The highest BCUT2D eigenvalue weighted by molar-refractivity contribution is 6.16. The van der Waals surface area contributed by atoms with Gasteiger partial charge in [0.05, 0.1) is 28.0 Å². The largest absolute Gasteiger partial charge is 0.268 e. The molecule has 1 heterocycles. The minimum atomic E-state index is -0.223. The zero-order valence-electron chi connectivity index (χ0n) is 11.0. The van der Waals surface area contributed by atoms with Crippen LogP contribution in [0.15, 0.2) is 53.3 Å². The summed E-state index contributed by atoms with van der Waals surface area (Å²) < 4.78 is 1.41. The Hall–Kier alpha value is -2.64. The summed E-state index contributed by atoms with van der Waals surface area (Å²) in [5.41, 5.74) is 1.28.